The molecule has 3 aromatic heterocycles. The molecule has 5 nitrogen and oxygen atoms in total. The van der Waals surface area contributed by atoms with Crippen molar-refractivity contribution in [3.63, 3.8) is 0 Å². The Morgan fingerprint density at radius 1 is 0.362 bits per heavy atom. The number of nitrogens with zero attached hydrogens (tertiary/aromatic N) is 5. The highest BCUT2D eigenvalue weighted by Gasteiger charge is 2.18. The average molecular weight is 738 g/mol. The predicted octanol–water partition coefficient (Wildman–Crippen LogP) is 13.9. The monoisotopic (exact) mass is 737 g/mol. The van der Waals surface area contributed by atoms with Crippen LogP contribution in [0.15, 0.2) is 188 Å². The van der Waals surface area contributed by atoms with Gasteiger partial charge in [-0.05, 0) is 80.2 Å². The summed E-state index contributed by atoms with van der Waals surface area (Å²) in [6.07, 6.45) is 3.74. The predicted molar refractivity (Wildman–Crippen MR) is 239 cm³/mol. The number of rotatable bonds is 5. The number of hydrogen-bond acceptors (Lipinski definition) is 4. The zero-order chi connectivity index (χ0) is 38.6. The molecular weight excluding hydrogens is 707 g/mol. The Hall–Kier alpha value is -8.07. The number of benzene rings is 8. The minimum atomic E-state index is 0.665. The molecule has 0 unspecified atom stereocenters. The summed E-state index contributed by atoms with van der Waals surface area (Å²) < 4.78 is 0. The highest BCUT2D eigenvalue weighted by atomic mass is 14.9. The van der Waals surface area contributed by atoms with E-state index in [4.69, 9.17) is 26.5 Å². The van der Waals surface area contributed by atoms with Gasteiger partial charge in [-0.3, -0.25) is 9.97 Å². The first-order chi connectivity index (χ1) is 28.7. The summed E-state index contributed by atoms with van der Waals surface area (Å²) >= 11 is 0. The smallest absolute Gasteiger partial charge is 0.194 e. The molecule has 3 heterocycles. The first-order valence-electron chi connectivity index (χ1n) is 19.2. The molecule has 0 fully saturated rings. The van der Waals surface area contributed by atoms with Crippen molar-refractivity contribution in [2.45, 2.75) is 0 Å². The number of aromatic nitrogens is 4. The Kier molecular flexibility index (Phi) is 7.80. The maximum atomic E-state index is 7.66. The quantitative estimate of drug-likeness (QED) is 0.130. The van der Waals surface area contributed by atoms with E-state index in [-0.39, 0.29) is 0 Å². The Morgan fingerprint density at radius 3 is 1.64 bits per heavy atom. The Balaban J connectivity index is 1.06. The van der Waals surface area contributed by atoms with Crippen molar-refractivity contribution in [2.24, 2.45) is 0 Å². The van der Waals surface area contributed by atoms with Gasteiger partial charge in [-0.15, -0.1) is 0 Å². The first kappa shape index (κ1) is 33.3. The fourth-order valence-electron chi connectivity index (χ4n) is 8.45. The number of para-hydroxylation sites is 1. The van der Waals surface area contributed by atoms with Gasteiger partial charge in [0.15, 0.2) is 11.5 Å². The highest BCUT2D eigenvalue weighted by molar-refractivity contribution is 6.22. The molecule has 11 aromatic rings. The van der Waals surface area contributed by atoms with E-state index in [1.807, 2.05) is 79.1 Å². The van der Waals surface area contributed by atoms with Crippen LogP contribution in [0.5, 0.6) is 0 Å². The van der Waals surface area contributed by atoms with Gasteiger partial charge in [-0.25, -0.2) is 14.8 Å². The summed E-state index contributed by atoms with van der Waals surface area (Å²) in [5, 5.41) is 7.45. The van der Waals surface area contributed by atoms with Crippen LogP contribution < -0.4 is 0 Å². The van der Waals surface area contributed by atoms with Gasteiger partial charge in [-0.1, -0.05) is 140 Å². The molecule has 0 saturated carbocycles. The first-order valence-corrected chi connectivity index (χ1v) is 19.2. The van der Waals surface area contributed by atoms with Gasteiger partial charge in [-0.2, -0.15) is 0 Å². The van der Waals surface area contributed by atoms with E-state index in [2.05, 4.69) is 114 Å². The fraction of sp³-hybridized carbons (Fsp3) is 0. The van der Waals surface area contributed by atoms with Crippen LogP contribution in [0.4, 0.5) is 5.69 Å². The summed E-state index contributed by atoms with van der Waals surface area (Å²) in [7, 11) is 0. The van der Waals surface area contributed by atoms with Crippen LogP contribution in [-0.2, 0) is 0 Å². The number of pyridine rings is 2. The van der Waals surface area contributed by atoms with Gasteiger partial charge in [0.25, 0.3) is 0 Å². The number of hydrogen-bond donors (Lipinski definition) is 0. The lowest BCUT2D eigenvalue weighted by atomic mass is 9.90. The Bertz CT molecular complexity index is 3460. The molecule has 0 aliphatic carbocycles. The molecule has 0 spiro atoms. The second kappa shape index (κ2) is 13.6. The Morgan fingerprint density at radius 2 is 0.931 bits per heavy atom. The van der Waals surface area contributed by atoms with Crippen molar-refractivity contribution < 1.29 is 0 Å². The molecule has 0 amide bonds. The molecule has 0 saturated heterocycles. The van der Waals surface area contributed by atoms with Crippen LogP contribution >= 0.6 is 0 Å². The molecule has 268 valence electrons. The van der Waals surface area contributed by atoms with Crippen molar-refractivity contribution >= 4 is 59.9 Å². The number of fused-ring (bicyclic) bond motifs is 7. The van der Waals surface area contributed by atoms with Crippen molar-refractivity contribution in [1.82, 2.24) is 19.9 Å². The van der Waals surface area contributed by atoms with Crippen molar-refractivity contribution in [2.75, 3.05) is 0 Å². The summed E-state index contributed by atoms with van der Waals surface area (Å²) in [4.78, 5) is 24.0. The van der Waals surface area contributed by atoms with Gasteiger partial charge in [0.2, 0.25) is 0 Å². The molecule has 0 atom stereocenters. The topological polar surface area (TPSA) is 55.9 Å². The van der Waals surface area contributed by atoms with Crippen LogP contribution in [0.3, 0.4) is 0 Å². The third-order valence-corrected chi connectivity index (χ3v) is 11.2. The Labute approximate surface area is 334 Å². The van der Waals surface area contributed by atoms with Gasteiger partial charge in [0.05, 0.1) is 28.8 Å². The van der Waals surface area contributed by atoms with Gasteiger partial charge < -0.3 is 0 Å². The summed E-state index contributed by atoms with van der Waals surface area (Å²) in [5.41, 5.74) is 12.8. The average Bonchev–Trinajstić information content (AvgIpc) is 3.30. The molecule has 58 heavy (non-hydrogen) atoms. The molecule has 11 rings (SSSR count). The fourth-order valence-corrected chi connectivity index (χ4v) is 8.45. The van der Waals surface area contributed by atoms with Crippen molar-refractivity contribution in [1.29, 1.82) is 0 Å². The molecule has 5 heteroatoms. The van der Waals surface area contributed by atoms with E-state index in [1.165, 1.54) is 0 Å². The third kappa shape index (κ3) is 5.47. The van der Waals surface area contributed by atoms with Crippen molar-refractivity contribution in [3.8, 4) is 56.0 Å². The van der Waals surface area contributed by atoms with Gasteiger partial charge in [0, 0.05) is 50.8 Å². The van der Waals surface area contributed by atoms with Crippen LogP contribution in [0, 0.1) is 6.57 Å². The molecular formula is C53H31N5. The normalized spacial score (nSPS) is 11.4. The second-order valence-electron chi connectivity index (χ2n) is 14.5. The van der Waals surface area contributed by atoms with Gasteiger partial charge >= 0.3 is 0 Å². The van der Waals surface area contributed by atoms with E-state index in [0.717, 1.165) is 104 Å². The minimum absolute atomic E-state index is 0.665. The van der Waals surface area contributed by atoms with Gasteiger partial charge in [0.1, 0.15) is 0 Å². The standard InChI is InChI=1S/C53H31N5/c1-54-48-27-26-38(39-16-5-6-17-40(39)48)33-22-24-34(25-23-33)44-31-46-42-20-11-29-56-52(42)45(32-47(46)41-19-10-28-55-51(41)44)36-14-9-15-37(30-36)53-57-49-21-8-7-18-43(49)50(58-53)35-12-3-2-4-13-35/h2-32H. The molecule has 0 radical (unpaired) electrons. The van der Waals surface area contributed by atoms with E-state index >= 15 is 0 Å². The van der Waals surface area contributed by atoms with Crippen LogP contribution in [0.25, 0.3) is 115 Å². The molecule has 0 N–H and O–H groups in total. The summed E-state index contributed by atoms with van der Waals surface area (Å²) in [6, 6.07) is 60.8. The zero-order valence-corrected chi connectivity index (χ0v) is 31.1. The van der Waals surface area contributed by atoms with E-state index < -0.39 is 0 Å². The largest absolute Gasteiger partial charge is 0.256 e. The zero-order valence-electron chi connectivity index (χ0n) is 31.1. The second-order valence-corrected chi connectivity index (χ2v) is 14.5. The SMILES string of the molecule is [C-]#[N+]c1ccc(-c2ccc(-c3cc4c5cccnc5c(-c5cccc(-c6nc(-c7ccccc7)c7ccccc7n6)c5)cc4c4cccnc34)cc2)c2ccccc12. The maximum Gasteiger partial charge on any atom is 0.194 e. The lowest BCUT2D eigenvalue weighted by Crippen LogP contribution is -1.96. The lowest BCUT2D eigenvalue weighted by molar-refractivity contribution is 1.23. The van der Waals surface area contributed by atoms with Crippen LogP contribution in [0.2, 0.25) is 0 Å². The van der Waals surface area contributed by atoms with Crippen LogP contribution in [-0.4, -0.2) is 19.9 Å². The molecule has 0 bridgehead atoms. The molecule has 0 aliphatic rings. The lowest BCUT2D eigenvalue weighted by Gasteiger charge is -2.16. The maximum absolute atomic E-state index is 7.66. The summed E-state index contributed by atoms with van der Waals surface area (Å²) in [5.74, 6) is 0.677. The van der Waals surface area contributed by atoms with E-state index in [9.17, 15) is 0 Å². The third-order valence-electron chi connectivity index (χ3n) is 11.2. The molecule has 8 aromatic carbocycles. The summed E-state index contributed by atoms with van der Waals surface area (Å²) in [6.45, 7) is 7.66. The molecule has 0 aliphatic heterocycles. The highest BCUT2D eigenvalue weighted by Crippen LogP contribution is 2.42. The van der Waals surface area contributed by atoms with E-state index in [1.54, 1.807) is 0 Å². The van der Waals surface area contributed by atoms with Crippen LogP contribution in [0.1, 0.15) is 0 Å². The van der Waals surface area contributed by atoms with Crippen molar-refractivity contribution in [3.05, 3.63) is 200 Å². The van der Waals surface area contributed by atoms with E-state index in [0.29, 0.717) is 11.5 Å². The minimum Gasteiger partial charge on any atom is -0.256 e.